The second-order valence-corrected chi connectivity index (χ2v) is 8.84. The summed E-state index contributed by atoms with van der Waals surface area (Å²) in [5.41, 5.74) is 2.81. The average molecular weight is 539 g/mol. The first kappa shape index (κ1) is 23.4. The van der Waals surface area contributed by atoms with Gasteiger partial charge in [0.15, 0.2) is 6.10 Å². The average Bonchev–Trinajstić information content (AvgIpc) is 3.43. The first-order chi connectivity index (χ1) is 17.6. The number of carbonyl (C=O) groups is 2. The number of carbonyl (C=O) groups excluding carboxylic acids is 2. The van der Waals surface area contributed by atoms with Crippen molar-refractivity contribution in [2.45, 2.75) is 6.10 Å². The lowest BCUT2D eigenvalue weighted by atomic mass is 9.99. The van der Waals surface area contributed by atoms with Gasteiger partial charge in [-0.15, -0.1) is 10.2 Å². The lowest BCUT2D eigenvalue weighted by molar-refractivity contribution is 0.0280. The number of Topliss-reactive ketones (excluding diaryl/α,β-unsaturated/α-hetero) is 1. The Morgan fingerprint density at radius 2 is 1.33 bits per heavy atom. The molecule has 5 aromatic rings. The summed E-state index contributed by atoms with van der Waals surface area (Å²) in [5, 5.41) is 8.24. The number of ketones is 1. The highest BCUT2D eigenvalue weighted by Crippen LogP contribution is 2.27. The maximum atomic E-state index is 13.2. The second kappa shape index (κ2) is 10.5. The van der Waals surface area contributed by atoms with Gasteiger partial charge in [0, 0.05) is 26.7 Å². The molecule has 1 heterocycles. The molecule has 0 saturated heterocycles. The van der Waals surface area contributed by atoms with Crippen LogP contribution in [0.4, 0.5) is 0 Å². The highest BCUT2D eigenvalue weighted by Gasteiger charge is 2.26. The Balaban J connectivity index is 1.35. The Morgan fingerprint density at radius 1 is 0.694 bits per heavy atom. The van der Waals surface area contributed by atoms with Crippen molar-refractivity contribution in [3.8, 4) is 22.9 Å². The molecule has 0 fully saturated rings. The quantitative estimate of drug-likeness (QED) is 0.165. The lowest BCUT2D eigenvalue weighted by Crippen LogP contribution is -2.20. The van der Waals surface area contributed by atoms with E-state index in [0.29, 0.717) is 34.0 Å². The fourth-order valence-corrected chi connectivity index (χ4v) is 4.06. The maximum Gasteiger partial charge on any atom is 0.339 e. The molecule has 0 bridgehead atoms. The van der Waals surface area contributed by atoms with Crippen molar-refractivity contribution in [2.24, 2.45) is 0 Å². The normalized spacial score (nSPS) is 11.6. The van der Waals surface area contributed by atoms with Crippen molar-refractivity contribution < 1.29 is 18.7 Å². The fourth-order valence-electron chi connectivity index (χ4n) is 3.66. The van der Waals surface area contributed by atoms with Gasteiger partial charge in [-0.1, -0.05) is 82.7 Å². The molecule has 6 nitrogen and oxygen atoms in total. The van der Waals surface area contributed by atoms with Crippen LogP contribution in [0.2, 0.25) is 0 Å². The van der Waals surface area contributed by atoms with Crippen LogP contribution in [-0.4, -0.2) is 21.9 Å². The largest absolute Gasteiger partial charge is 0.445 e. The summed E-state index contributed by atoms with van der Waals surface area (Å²) in [6, 6.07) is 31.9. The monoisotopic (exact) mass is 538 g/mol. The van der Waals surface area contributed by atoms with Crippen molar-refractivity contribution in [1.29, 1.82) is 0 Å². The molecule has 0 N–H and O–H groups in total. The van der Waals surface area contributed by atoms with E-state index in [9.17, 15) is 9.59 Å². The first-order valence-electron chi connectivity index (χ1n) is 11.1. The smallest absolute Gasteiger partial charge is 0.339 e. The highest BCUT2D eigenvalue weighted by atomic mass is 79.9. The van der Waals surface area contributed by atoms with Gasteiger partial charge >= 0.3 is 5.97 Å². The van der Waals surface area contributed by atoms with Crippen LogP contribution in [0.5, 0.6) is 0 Å². The number of hydrogen-bond donors (Lipinski definition) is 0. The summed E-state index contributed by atoms with van der Waals surface area (Å²) >= 11 is 3.43. The van der Waals surface area contributed by atoms with E-state index in [0.717, 1.165) is 10.0 Å². The van der Waals surface area contributed by atoms with E-state index in [-0.39, 0.29) is 5.78 Å². The van der Waals surface area contributed by atoms with E-state index in [4.69, 9.17) is 9.15 Å². The summed E-state index contributed by atoms with van der Waals surface area (Å²) in [6.07, 6.45) is -1.07. The fraction of sp³-hybridized carbons (Fsp3) is 0.0345. The number of rotatable bonds is 7. The van der Waals surface area contributed by atoms with Crippen molar-refractivity contribution in [3.63, 3.8) is 0 Å². The van der Waals surface area contributed by atoms with Gasteiger partial charge in [0.2, 0.25) is 17.6 Å². The molecule has 0 amide bonds. The lowest BCUT2D eigenvalue weighted by Gasteiger charge is -2.17. The van der Waals surface area contributed by atoms with E-state index in [1.165, 1.54) is 0 Å². The van der Waals surface area contributed by atoms with Crippen molar-refractivity contribution in [1.82, 2.24) is 10.2 Å². The molecule has 0 radical (unpaired) electrons. The van der Waals surface area contributed by atoms with Gasteiger partial charge in [0.05, 0.1) is 5.56 Å². The molecule has 4 aromatic carbocycles. The zero-order valence-corrected chi connectivity index (χ0v) is 20.5. The predicted octanol–water partition coefficient (Wildman–Crippen LogP) is 6.95. The molecule has 1 atom stereocenters. The molecule has 1 aromatic heterocycles. The number of ether oxygens (including phenoxy) is 1. The van der Waals surface area contributed by atoms with Gasteiger partial charge in [0.1, 0.15) is 0 Å². The molecule has 0 aliphatic heterocycles. The van der Waals surface area contributed by atoms with Crippen LogP contribution in [0.25, 0.3) is 22.9 Å². The van der Waals surface area contributed by atoms with E-state index in [1.54, 1.807) is 72.8 Å². The zero-order valence-electron chi connectivity index (χ0n) is 18.9. The van der Waals surface area contributed by atoms with E-state index < -0.39 is 12.1 Å². The van der Waals surface area contributed by atoms with Crippen LogP contribution in [0.15, 0.2) is 118 Å². The molecule has 176 valence electrons. The topological polar surface area (TPSA) is 82.3 Å². The molecule has 0 aliphatic rings. The minimum atomic E-state index is -1.07. The minimum absolute atomic E-state index is 0.294. The number of nitrogens with zero attached hydrogens (tertiary/aromatic N) is 2. The zero-order chi connectivity index (χ0) is 24.9. The van der Waals surface area contributed by atoms with Gasteiger partial charge in [-0.2, -0.15) is 0 Å². The summed E-state index contributed by atoms with van der Waals surface area (Å²) in [7, 11) is 0. The number of halogens is 1. The summed E-state index contributed by atoms with van der Waals surface area (Å²) in [5.74, 6) is -0.191. The number of esters is 1. The second-order valence-electron chi connectivity index (χ2n) is 7.93. The van der Waals surface area contributed by atoms with Crippen LogP contribution >= 0.6 is 15.9 Å². The van der Waals surface area contributed by atoms with Crippen LogP contribution in [0.1, 0.15) is 32.4 Å². The van der Waals surface area contributed by atoms with Gasteiger partial charge < -0.3 is 9.15 Å². The Labute approximate surface area is 215 Å². The summed E-state index contributed by atoms with van der Waals surface area (Å²) in [4.78, 5) is 26.2. The number of benzene rings is 4. The Hall–Kier alpha value is -4.36. The first-order valence-corrected chi connectivity index (χ1v) is 11.9. The SMILES string of the molecule is O=C(OC(C(=O)c1ccccc1)c1ccccc1)c1ccc(-c2nnc(-c3cccc(Br)c3)o2)cc1. The van der Waals surface area contributed by atoms with E-state index in [2.05, 4.69) is 26.1 Å². The molecule has 0 saturated carbocycles. The van der Waals surface area contributed by atoms with Gasteiger partial charge in [-0.05, 0) is 42.5 Å². The van der Waals surface area contributed by atoms with Gasteiger partial charge in [0.25, 0.3) is 0 Å². The van der Waals surface area contributed by atoms with Gasteiger partial charge in [-0.25, -0.2) is 4.79 Å². The number of hydrogen-bond acceptors (Lipinski definition) is 6. The molecule has 7 heteroatoms. The molecular weight excluding hydrogens is 520 g/mol. The van der Waals surface area contributed by atoms with Crippen molar-refractivity contribution >= 4 is 27.7 Å². The third-order valence-corrected chi connectivity index (χ3v) is 5.98. The van der Waals surface area contributed by atoms with E-state index >= 15 is 0 Å². The van der Waals surface area contributed by atoms with E-state index in [1.807, 2.05) is 36.4 Å². The van der Waals surface area contributed by atoms with Crippen molar-refractivity contribution in [2.75, 3.05) is 0 Å². The molecular formula is C29H19BrN2O4. The molecule has 5 rings (SSSR count). The Kier molecular flexibility index (Phi) is 6.82. The third-order valence-electron chi connectivity index (χ3n) is 5.49. The highest BCUT2D eigenvalue weighted by molar-refractivity contribution is 9.10. The number of aromatic nitrogens is 2. The standard InChI is InChI=1S/C29H19BrN2O4/c30-24-13-7-12-23(18-24)28-32-31-27(36-28)21-14-16-22(17-15-21)29(34)35-26(20-10-5-2-6-11-20)25(33)19-8-3-1-4-9-19/h1-18,26H. The van der Waals surface area contributed by atoms with Crippen LogP contribution < -0.4 is 0 Å². The Bertz CT molecular complexity index is 1500. The Morgan fingerprint density at radius 3 is 2.00 bits per heavy atom. The van der Waals surface area contributed by atoms with Crippen LogP contribution in [0.3, 0.4) is 0 Å². The molecule has 0 spiro atoms. The third kappa shape index (κ3) is 5.16. The minimum Gasteiger partial charge on any atom is -0.445 e. The van der Waals surface area contributed by atoms with Crippen LogP contribution in [0, 0.1) is 0 Å². The molecule has 1 unspecified atom stereocenters. The summed E-state index contributed by atoms with van der Waals surface area (Å²) < 4.78 is 12.4. The summed E-state index contributed by atoms with van der Waals surface area (Å²) in [6.45, 7) is 0. The van der Waals surface area contributed by atoms with Crippen LogP contribution in [-0.2, 0) is 4.74 Å². The van der Waals surface area contributed by atoms with Crippen molar-refractivity contribution in [3.05, 3.63) is 130 Å². The van der Waals surface area contributed by atoms with Gasteiger partial charge in [-0.3, -0.25) is 4.79 Å². The predicted molar refractivity (Wildman–Crippen MR) is 138 cm³/mol. The molecule has 36 heavy (non-hydrogen) atoms. The maximum absolute atomic E-state index is 13.2. The molecule has 0 aliphatic carbocycles.